The van der Waals surface area contributed by atoms with Gasteiger partial charge in [-0.05, 0) is 48.5 Å². The predicted molar refractivity (Wildman–Crippen MR) is 155 cm³/mol. The predicted octanol–water partition coefficient (Wildman–Crippen LogP) is 10.9. The topological polar surface area (TPSA) is 34.5 Å². The lowest BCUT2D eigenvalue weighted by Gasteiger charge is -2.09. The van der Waals surface area contributed by atoms with E-state index in [9.17, 15) is 0 Å². The van der Waals surface area contributed by atoms with E-state index in [1.807, 2.05) is 0 Å². The first-order valence-corrected chi connectivity index (χ1v) is 12.8. The van der Waals surface area contributed by atoms with E-state index in [0.717, 1.165) is 0 Å². The Kier molecular flexibility index (Phi) is 13.3. The SMILES string of the molecule is Clc1cccc(Cl)n1.[C-]#[N+]C(c1cccc(Cl)n1)c1c(Cl)cccc1Cl.[C-]#[N+]Cc1c(Cl)cccc1Cl. The zero-order valence-electron chi connectivity index (χ0n) is 18.6. The molecule has 4 nitrogen and oxygen atoms in total. The van der Waals surface area contributed by atoms with Gasteiger partial charge >= 0.3 is 0 Å². The normalized spacial score (nSPS) is 10.5. The van der Waals surface area contributed by atoms with Gasteiger partial charge in [0.2, 0.25) is 6.54 Å². The molecule has 0 saturated carbocycles. The summed E-state index contributed by atoms with van der Waals surface area (Å²) in [5.41, 5.74) is 1.81. The van der Waals surface area contributed by atoms with E-state index >= 15 is 0 Å². The summed E-state index contributed by atoms with van der Waals surface area (Å²) >= 11 is 40.5. The van der Waals surface area contributed by atoms with Gasteiger partial charge in [0.1, 0.15) is 21.2 Å². The summed E-state index contributed by atoms with van der Waals surface area (Å²) in [4.78, 5) is 14.6. The van der Waals surface area contributed by atoms with Crippen molar-refractivity contribution in [3.05, 3.63) is 148 Å². The fraction of sp³-hybridized carbons (Fsp3) is 0.0769. The first-order valence-electron chi connectivity index (χ1n) is 10.1. The summed E-state index contributed by atoms with van der Waals surface area (Å²) in [6.45, 7) is 14.2. The van der Waals surface area contributed by atoms with Crippen LogP contribution < -0.4 is 0 Å². The van der Waals surface area contributed by atoms with Crippen LogP contribution in [-0.4, -0.2) is 9.97 Å². The largest absolute Gasteiger partial charge is 0.312 e. The molecule has 0 fully saturated rings. The molecule has 0 saturated heterocycles. The van der Waals surface area contributed by atoms with Crippen LogP contribution in [-0.2, 0) is 6.54 Å². The number of nitrogens with zero attached hydrogens (tertiary/aromatic N) is 4. The molecule has 37 heavy (non-hydrogen) atoms. The Morgan fingerprint density at radius 2 is 1.03 bits per heavy atom. The van der Waals surface area contributed by atoms with Crippen LogP contribution in [0.25, 0.3) is 9.69 Å². The summed E-state index contributed by atoms with van der Waals surface area (Å²) in [7, 11) is 0. The Bertz CT molecular complexity index is 1370. The van der Waals surface area contributed by atoms with E-state index in [0.29, 0.717) is 52.4 Å². The first kappa shape index (κ1) is 31.0. The Hall–Kier alpha value is -2.25. The van der Waals surface area contributed by atoms with Gasteiger partial charge in [-0.25, -0.2) is 23.1 Å². The van der Waals surface area contributed by atoms with E-state index < -0.39 is 6.04 Å². The van der Waals surface area contributed by atoms with Gasteiger partial charge in [-0.2, -0.15) is 0 Å². The minimum absolute atomic E-state index is 0.249. The third kappa shape index (κ3) is 9.86. The average Bonchev–Trinajstić information content (AvgIpc) is 2.85. The van der Waals surface area contributed by atoms with Gasteiger partial charge in [0.05, 0.1) is 31.2 Å². The second-order valence-electron chi connectivity index (χ2n) is 6.85. The minimum atomic E-state index is -0.648. The molecule has 2 aromatic heterocycles. The molecule has 1 unspecified atom stereocenters. The van der Waals surface area contributed by atoms with Crippen LogP contribution in [0.5, 0.6) is 0 Å². The Balaban J connectivity index is 0.000000215. The highest BCUT2D eigenvalue weighted by Crippen LogP contribution is 2.36. The van der Waals surface area contributed by atoms with E-state index in [2.05, 4.69) is 19.7 Å². The van der Waals surface area contributed by atoms with Gasteiger partial charge in [-0.15, -0.1) is 0 Å². The van der Waals surface area contributed by atoms with E-state index in [1.54, 1.807) is 72.8 Å². The zero-order chi connectivity index (χ0) is 27.4. The average molecular weight is 632 g/mol. The molecule has 2 aromatic carbocycles. The van der Waals surface area contributed by atoms with E-state index in [1.165, 1.54) is 0 Å². The van der Waals surface area contributed by atoms with Crippen molar-refractivity contribution >= 4 is 81.2 Å². The number of rotatable bonds is 3. The second kappa shape index (κ2) is 15.9. The van der Waals surface area contributed by atoms with Gasteiger partial charge < -0.3 is 9.69 Å². The molecule has 1 atom stereocenters. The number of benzene rings is 2. The maximum atomic E-state index is 7.32. The minimum Gasteiger partial charge on any atom is -0.312 e. The van der Waals surface area contributed by atoms with Gasteiger partial charge in [-0.1, -0.05) is 105 Å². The van der Waals surface area contributed by atoms with Crippen LogP contribution in [0.15, 0.2) is 72.8 Å². The highest BCUT2D eigenvalue weighted by Gasteiger charge is 2.26. The molecule has 0 bridgehead atoms. The van der Waals surface area contributed by atoms with Crippen LogP contribution in [0.1, 0.15) is 22.9 Å². The summed E-state index contributed by atoms with van der Waals surface area (Å²) in [6.07, 6.45) is 0. The highest BCUT2D eigenvalue weighted by atomic mass is 35.5. The monoisotopic (exact) mass is 628 g/mol. The van der Waals surface area contributed by atoms with Crippen molar-refractivity contribution in [3.63, 3.8) is 0 Å². The summed E-state index contributed by atoms with van der Waals surface area (Å²) < 4.78 is 0. The lowest BCUT2D eigenvalue weighted by atomic mass is 10.0. The van der Waals surface area contributed by atoms with Crippen LogP contribution in [0.3, 0.4) is 0 Å². The fourth-order valence-electron chi connectivity index (χ4n) is 2.77. The van der Waals surface area contributed by atoms with Crippen LogP contribution in [0.4, 0.5) is 0 Å². The molecule has 0 aliphatic carbocycles. The van der Waals surface area contributed by atoms with Crippen molar-refractivity contribution in [1.82, 2.24) is 9.97 Å². The van der Waals surface area contributed by atoms with Gasteiger partial charge in [0.25, 0.3) is 6.04 Å². The number of aromatic nitrogens is 2. The molecule has 4 rings (SSSR count). The van der Waals surface area contributed by atoms with Crippen molar-refractivity contribution in [2.45, 2.75) is 12.6 Å². The van der Waals surface area contributed by atoms with Crippen molar-refractivity contribution in [2.75, 3.05) is 0 Å². The maximum Gasteiger partial charge on any atom is 0.293 e. The van der Waals surface area contributed by atoms with Crippen LogP contribution in [0, 0.1) is 13.1 Å². The molecule has 188 valence electrons. The quantitative estimate of drug-likeness (QED) is 0.167. The molecule has 11 heteroatoms. The van der Waals surface area contributed by atoms with Gasteiger partial charge in [0, 0.05) is 0 Å². The zero-order valence-corrected chi connectivity index (χ0v) is 23.9. The summed E-state index contributed by atoms with van der Waals surface area (Å²) in [5.74, 6) is 0. The fourth-order valence-corrected chi connectivity index (χ4v) is 4.43. The number of hydrogen-bond acceptors (Lipinski definition) is 2. The third-order valence-corrected chi connectivity index (χ3v) is 6.40. The Morgan fingerprint density at radius 1 is 0.595 bits per heavy atom. The molecule has 0 aliphatic heterocycles. The standard InChI is InChI=1S/C13H7Cl3N2.C8H5Cl2N.C5H3Cl2N/c1-17-13(10-6-3-7-11(16)18-10)12-8(14)4-2-5-9(12)15;1-11-5-6-7(9)3-2-4-8(6)10;6-4-2-1-3-5(7)8-4/h2-7,13H;2-4H,5H2;1-3H. The van der Waals surface area contributed by atoms with Crippen molar-refractivity contribution in [2.24, 2.45) is 0 Å². The van der Waals surface area contributed by atoms with E-state index in [4.69, 9.17) is 94.4 Å². The molecule has 0 aliphatic rings. The second-order valence-corrected chi connectivity index (χ2v) is 9.64. The lowest BCUT2D eigenvalue weighted by Crippen LogP contribution is -2.01. The third-order valence-electron chi connectivity index (χ3n) is 4.40. The molecule has 0 N–H and O–H groups in total. The number of hydrogen-bond donors (Lipinski definition) is 0. The number of halogens is 7. The van der Waals surface area contributed by atoms with Crippen LogP contribution in [0.2, 0.25) is 35.5 Å². The smallest absolute Gasteiger partial charge is 0.293 e. The highest BCUT2D eigenvalue weighted by molar-refractivity contribution is 6.36. The molecule has 0 spiro atoms. The van der Waals surface area contributed by atoms with Gasteiger partial charge in [-0.3, -0.25) is 0 Å². The Morgan fingerprint density at radius 3 is 1.43 bits per heavy atom. The first-order chi connectivity index (χ1) is 17.7. The molecular weight excluding hydrogens is 616 g/mol. The maximum absolute atomic E-state index is 7.32. The molecule has 2 heterocycles. The van der Waals surface area contributed by atoms with Crippen LogP contribution >= 0.6 is 81.2 Å². The molecule has 0 radical (unpaired) electrons. The molecular formula is C26H15Cl7N4. The summed E-state index contributed by atoms with van der Waals surface area (Å²) in [5, 5.41) is 3.22. The van der Waals surface area contributed by atoms with E-state index in [-0.39, 0.29) is 6.54 Å². The number of pyridine rings is 2. The van der Waals surface area contributed by atoms with Crippen molar-refractivity contribution in [1.29, 1.82) is 0 Å². The summed E-state index contributed by atoms with van der Waals surface area (Å²) in [6, 6.07) is 19.9. The van der Waals surface area contributed by atoms with Gasteiger partial charge in [0.15, 0.2) is 0 Å². The Labute approximate surface area is 250 Å². The van der Waals surface area contributed by atoms with Crippen molar-refractivity contribution < 1.29 is 0 Å². The lowest BCUT2D eigenvalue weighted by molar-refractivity contribution is 0.950. The molecule has 0 amide bonds. The van der Waals surface area contributed by atoms with Crippen molar-refractivity contribution in [3.8, 4) is 0 Å². The molecule has 4 aromatic rings.